The molecule has 0 bridgehead atoms. The zero-order valence-corrected chi connectivity index (χ0v) is 16.7. The molecule has 2 aliphatic rings. The third-order valence-corrected chi connectivity index (χ3v) is 6.02. The van der Waals surface area contributed by atoms with Gasteiger partial charge in [0.05, 0.1) is 24.1 Å². The van der Waals surface area contributed by atoms with E-state index in [-0.39, 0.29) is 18.4 Å². The number of amides is 2. The molecule has 6 heteroatoms. The normalized spacial score (nSPS) is 28.5. The monoisotopic (exact) mass is 392 g/mol. The molecule has 4 rings (SSSR count). The van der Waals surface area contributed by atoms with Crippen LogP contribution in [0.3, 0.4) is 0 Å². The van der Waals surface area contributed by atoms with Crippen molar-refractivity contribution >= 4 is 23.5 Å². The van der Waals surface area contributed by atoms with Crippen molar-refractivity contribution in [3.63, 3.8) is 0 Å². The number of ether oxygens (including phenoxy) is 1. The minimum absolute atomic E-state index is 0.201. The van der Waals surface area contributed by atoms with E-state index in [0.29, 0.717) is 5.69 Å². The number of nitrogens with one attached hydrogen (secondary N) is 1. The van der Waals surface area contributed by atoms with Gasteiger partial charge in [-0.05, 0) is 44.0 Å². The number of esters is 1. The van der Waals surface area contributed by atoms with Crippen molar-refractivity contribution in [3.05, 3.63) is 65.7 Å². The van der Waals surface area contributed by atoms with Crippen LogP contribution in [0.4, 0.5) is 5.69 Å². The van der Waals surface area contributed by atoms with Gasteiger partial charge >= 0.3 is 5.97 Å². The Balaban J connectivity index is 1.84. The van der Waals surface area contributed by atoms with Gasteiger partial charge in [-0.2, -0.15) is 0 Å². The van der Waals surface area contributed by atoms with Gasteiger partial charge in [-0.3, -0.25) is 19.7 Å². The van der Waals surface area contributed by atoms with Gasteiger partial charge in [-0.25, -0.2) is 4.90 Å². The number of carbonyl (C=O) groups excluding carboxylic acids is 3. The van der Waals surface area contributed by atoms with Crippen LogP contribution in [0.5, 0.6) is 0 Å². The van der Waals surface area contributed by atoms with E-state index in [4.69, 9.17) is 4.74 Å². The summed E-state index contributed by atoms with van der Waals surface area (Å²) in [4.78, 5) is 41.0. The van der Waals surface area contributed by atoms with Gasteiger partial charge in [0, 0.05) is 6.04 Å². The number of para-hydroxylation sites is 1. The van der Waals surface area contributed by atoms with E-state index >= 15 is 0 Å². The predicted molar refractivity (Wildman–Crippen MR) is 108 cm³/mol. The Morgan fingerprint density at radius 3 is 2.38 bits per heavy atom. The third kappa shape index (κ3) is 2.86. The van der Waals surface area contributed by atoms with Crippen molar-refractivity contribution in [3.8, 4) is 0 Å². The molecule has 2 aliphatic heterocycles. The van der Waals surface area contributed by atoms with Crippen molar-refractivity contribution in [1.82, 2.24) is 5.32 Å². The molecule has 1 N–H and O–H groups in total. The van der Waals surface area contributed by atoms with E-state index < -0.39 is 29.4 Å². The molecule has 6 nitrogen and oxygen atoms in total. The molecule has 0 saturated carbocycles. The lowest BCUT2D eigenvalue weighted by atomic mass is 9.80. The van der Waals surface area contributed by atoms with Crippen LogP contribution in [0.15, 0.2) is 54.6 Å². The quantitative estimate of drug-likeness (QED) is 0.640. The highest BCUT2D eigenvalue weighted by molar-refractivity contribution is 6.24. The second-order valence-electron chi connectivity index (χ2n) is 7.75. The van der Waals surface area contributed by atoms with Gasteiger partial charge in [0.15, 0.2) is 0 Å². The second-order valence-corrected chi connectivity index (χ2v) is 7.75. The fourth-order valence-corrected chi connectivity index (χ4v) is 4.64. The standard InChI is InChI=1S/C23H24N2O4/c1-4-29-22(28)23(3)18-17(19(24-23)16-13-9-8-10-14(16)2)20(26)25(21(18)27)15-11-6-5-7-12-15/h5-13,17-19,24H,4H2,1-3H3/t17-,18+,19-,23+/m0/s1. The minimum atomic E-state index is -1.29. The lowest BCUT2D eigenvalue weighted by molar-refractivity contribution is -0.153. The van der Waals surface area contributed by atoms with Gasteiger partial charge in [-0.15, -0.1) is 0 Å². The first-order valence-electron chi connectivity index (χ1n) is 9.83. The lowest BCUT2D eigenvalue weighted by Gasteiger charge is -2.29. The van der Waals surface area contributed by atoms with E-state index in [1.807, 2.05) is 37.3 Å². The molecule has 29 heavy (non-hydrogen) atoms. The van der Waals surface area contributed by atoms with Crippen molar-refractivity contribution in [1.29, 1.82) is 0 Å². The van der Waals surface area contributed by atoms with E-state index in [1.165, 1.54) is 4.90 Å². The molecule has 150 valence electrons. The molecule has 0 spiro atoms. The summed E-state index contributed by atoms with van der Waals surface area (Å²) in [6, 6.07) is 16.1. The van der Waals surface area contributed by atoms with E-state index in [0.717, 1.165) is 11.1 Å². The molecule has 0 aliphatic carbocycles. The number of hydrogen-bond acceptors (Lipinski definition) is 5. The van der Waals surface area contributed by atoms with Gasteiger partial charge < -0.3 is 4.74 Å². The fourth-order valence-electron chi connectivity index (χ4n) is 4.64. The number of hydrogen-bond donors (Lipinski definition) is 1. The summed E-state index contributed by atoms with van der Waals surface area (Å²) in [5, 5.41) is 3.30. The van der Waals surface area contributed by atoms with Crippen LogP contribution < -0.4 is 10.2 Å². The molecular formula is C23H24N2O4. The molecule has 0 aromatic heterocycles. The molecular weight excluding hydrogens is 368 g/mol. The SMILES string of the molecule is CCOC(=O)[C@]1(C)N[C@@H](c2ccccc2C)[C@H]2C(=O)N(c3ccccc3)C(=O)[C@@H]21. The highest BCUT2D eigenvalue weighted by Crippen LogP contribution is 2.50. The maximum atomic E-state index is 13.5. The number of fused-ring (bicyclic) bond motifs is 1. The van der Waals surface area contributed by atoms with Crippen LogP contribution in [0.2, 0.25) is 0 Å². The zero-order valence-electron chi connectivity index (χ0n) is 16.7. The first-order chi connectivity index (χ1) is 13.9. The number of carbonyl (C=O) groups is 3. The Morgan fingerprint density at radius 2 is 1.72 bits per heavy atom. The summed E-state index contributed by atoms with van der Waals surface area (Å²) in [6.45, 7) is 5.56. The summed E-state index contributed by atoms with van der Waals surface area (Å²) in [7, 11) is 0. The first kappa shape index (κ1) is 19.3. The van der Waals surface area contributed by atoms with Crippen molar-refractivity contribution in [2.24, 2.45) is 11.8 Å². The molecule has 2 aromatic carbocycles. The highest BCUT2D eigenvalue weighted by atomic mass is 16.5. The molecule has 4 atom stereocenters. The average molecular weight is 392 g/mol. The molecule has 2 aromatic rings. The molecule has 0 radical (unpaired) electrons. The minimum Gasteiger partial charge on any atom is -0.465 e. The van der Waals surface area contributed by atoms with Crippen molar-refractivity contribution in [2.45, 2.75) is 32.4 Å². The molecule has 2 fully saturated rings. The van der Waals surface area contributed by atoms with Gasteiger partial charge in [0.1, 0.15) is 5.54 Å². The van der Waals surface area contributed by atoms with Gasteiger partial charge in [-0.1, -0.05) is 42.5 Å². The topological polar surface area (TPSA) is 75.7 Å². The predicted octanol–water partition coefficient (Wildman–Crippen LogP) is 2.77. The molecule has 2 heterocycles. The Morgan fingerprint density at radius 1 is 1.07 bits per heavy atom. The van der Waals surface area contributed by atoms with Crippen molar-refractivity contribution in [2.75, 3.05) is 11.5 Å². The van der Waals surface area contributed by atoms with E-state index in [1.54, 1.807) is 38.1 Å². The number of benzene rings is 2. The Bertz CT molecular complexity index is 974. The number of aryl methyl sites for hydroxylation is 1. The number of rotatable bonds is 4. The van der Waals surface area contributed by atoms with Gasteiger partial charge in [0.2, 0.25) is 11.8 Å². The van der Waals surface area contributed by atoms with Gasteiger partial charge in [0.25, 0.3) is 0 Å². The zero-order chi connectivity index (χ0) is 20.8. The molecule has 2 amide bonds. The maximum absolute atomic E-state index is 13.5. The highest BCUT2D eigenvalue weighted by Gasteiger charge is 2.67. The van der Waals surface area contributed by atoms with Crippen LogP contribution in [0.1, 0.15) is 31.0 Å². The summed E-state index contributed by atoms with van der Waals surface area (Å²) < 4.78 is 5.29. The summed E-state index contributed by atoms with van der Waals surface area (Å²) in [6.07, 6.45) is 0. The summed E-state index contributed by atoms with van der Waals surface area (Å²) in [5.74, 6) is -2.69. The Labute approximate surface area is 169 Å². The number of nitrogens with zero attached hydrogens (tertiary/aromatic N) is 1. The molecule has 2 saturated heterocycles. The smallest absolute Gasteiger partial charge is 0.326 e. The van der Waals surface area contributed by atoms with Crippen molar-refractivity contribution < 1.29 is 19.1 Å². The first-order valence-corrected chi connectivity index (χ1v) is 9.83. The summed E-state index contributed by atoms with van der Waals surface area (Å²) in [5.41, 5.74) is 1.14. The lowest BCUT2D eigenvalue weighted by Crippen LogP contribution is -2.54. The fraction of sp³-hybridized carbons (Fsp3) is 0.348. The van der Waals surface area contributed by atoms with Crippen LogP contribution in [0.25, 0.3) is 0 Å². The Kier molecular flexibility index (Phi) is 4.74. The van der Waals surface area contributed by atoms with Crippen LogP contribution >= 0.6 is 0 Å². The Hall–Kier alpha value is -2.99. The average Bonchev–Trinajstić information content (AvgIpc) is 3.17. The second kappa shape index (κ2) is 7.12. The summed E-state index contributed by atoms with van der Waals surface area (Å²) >= 11 is 0. The maximum Gasteiger partial charge on any atom is 0.326 e. The van der Waals surface area contributed by atoms with E-state index in [9.17, 15) is 14.4 Å². The van der Waals surface area contributed by atoms with Crippen LogP contribution in [-0.2, 0) is 19.1 Å². The third-order valence-electron chi connectivity index (χ3n) is 6.02. The largest absolute Gasteiger partial charge is 0.465 e. The number of anilines is 1. The number of imide groups is 1. The molecule has 0 unspecified atom stereocenters. The van der Waals surface area contributed by atoms with E-state index in [2.05, 4.69) is 5.32 Å². The van der Waals surface area contributed by atoms with Crippen LogP contribution in [-0.4, -0.2) is 29.9 Å². The van der Waals surface area contributed by atoms with Crippen LogP contribution in [0, 0.1) is 18.8 Å².